The van der Waals surface area contributed by atoms with E-state index in [2.05, 4.69) is 23.5 Å². The van der Waals surface area contributed by atoms with E-state index in [0.717, 1.165) is 17.7 Å². The number of halogens is 1. The summed E-state index contributed by atoms with van der Waals surface area (Å²) in [6.45, 7) is 4.05. The first-order valence-electron chi connectivity index (χ1n) is 5.48. The van der Waals surface area contributed by atoms with Crippen molar-refractivity contribution >= 4 is 22.9 Å². The molecule has 0 amide bonds. The lowest BCUT2D eigenvalue weighted by atomic mass is 10.0. The van der Waals surface area contributed by atoms with Crippen molar-refractivity contribution in [1.82, 2.24) is 9.78 Å². The molecular weight excluding hydrogens is 254 g/mol. The van der Waals surface area contributed by atoms with Crippen molar-refractivity contribution in [3.05, 3.63) is 38.3 Å². The molecule has 0 aliphatic heterocycles. The lowest BCUT2D eigenvalue weighted by molar-refractivity contribution is 0.728. The Morgan fingerprint density at radius 1 is 1.53 bits per heavy atom. The van der Waals surface area contributed by atoms with Crippen LogP contribution in [-0.4, -0.2) is 9.78 Å². The van der Waals surface area contributed by atoms with Crippen LogP contribution < -0.4 is 5.73 Å². The molecule has 2 aromatic heterocycles. The normalized spacial score (nSPS) is 13.0. The van der Waals surface area contributed by atoms with Crippen molar-refractivity contribution in [2.45, 2.75) is 26.3 Å². The predicted octanol–water partition coefficient (Wildman–Crippen LogP) is 2.99. The number of aromatic nitrogens is 2. The summed E-state index contributed by atoms with van der Waals surface area (Å²) in [6.07, 6.45) is 0.736. The molecule has 0 saturated carbocycles. The lowest BCUT2D eigenvalue weighted by Crippen LogP contribution is -2.13. The predicted molar refractivity (Wildman–Crippen MR) is 72.6 cm³/mol. The Labute approximate surface area is 110 Å². The van der Waals surface area contributed by atoms with Crippen LogP contribution in [0.1, 0.15) is 27.7 Å². The van der Waals surface area contributed by atoms with Crippen LogP contribution in [0.5, 0.6) is 0 Å². The highest BCUT2D eigenvalue weighted by Crippen LogP contribution is 2.28. The van der Waals surface area contributed by atoms with Crippen LogP contribution in [0.25, 0.3) is 0 Å². The zero-order chi connectivity index (χ0) is 12.6. The van der Waals surface area contributed by atoms with Gasteiger partial charge < -0.3 is 5.73 Å². The molecule has 3 nitrogen and oxygen atoms in total. The molecule has 0 radical (unpaired) electrons. The standard InChI is InChI=1S/C12H16ClN3S/c1-7-4-5-17-11(7)10(14)6-9-8(2)15-16(3)12(9)13/h4-5,10H,6,14H2,1-3H3. The molecule has 2 heterocycles. The first-order valence-corrected chi connectivity index (χ1v) is 6.74. The zero-order valence-corrected chi connectivity index (χ0v) is 11.8. The SMILES string of the molecule is Cc1ccsc1C(N)Cc1c(C)nn(C)c1Cl. The van der Waals surface area contributed by atoms with E-state index in [4.69, 9.17) is 17.3 Å². The van der Waals surface area contributed by atoms with E-state index in [1.54, 1.807) is 16.0 Å². The number of hydrogen-bond acceptors (Lipinski definition) is 3. The average Bonchev–Trinajstić information content (AvgIpc) is 2.78. The van der Waals surface area contributed by atoms with Gasteiger partial charge in [0.25, 0.3) is 0 Å². The molecule has 17 heavy (non-hydrogen) atoms. The fraction of sp³-hybridized carbons (Fsp3) is 0.417. The number of nitrogens with two attached hydrogens (primary N) is 1. The van der Waals surface area contributed by atoms with Crippen molar-refractivity contribution in [1.29, 1.82) is 0 Å². The molecule has 0 aliphatic carbocycles. The van der Waals surface area contributed by atoms with Crippen molar-refractivity contribution in [2.75, 3.05) is 0 Å². The van der Waals surface area contributed by atoms with Crippen LogP contribution >= 0.6 is 22.9 Å². The summed E-state index contributed by atoms with van der Waals surface area (Å²) in [6, 6.07) is 2.09. The highest BCUT2D eigenvalue weighted by atomic mass is 35.5. The first kappa shape index (κ1) is 12.6. The number of aryl methyl sites for hydroxylation is 3. The largest absolute Gasteiger partial charge is 0.323 e. The monoisotopic (exact) mass is 269 g/mol. The second-order valence-corrected chi connectivity index (χ2v) is 5.56. The fourth-order valence-electron chi connectivity index (χ4n) is 1.98. The topological polar surface area (TPSA) is 43.8 Å². The molecule has 0 aromatic carbocycles. The molecule has 0 saturated heterocycles. The Morgan fingerprint density at radius 3 is 2.71 bits per heavy atom. The Morgan fingerprint density at radius 2 is 2.24 bits per heavy atom. The summed E-state index contributed by atoms with van der Waals surface area (Å²) in [4.78, 5) is 1.23. The highest BCUT2D eigenvalue weighted by molar-refractivity contribution is 7.10. The molecule has 0 aliphatic rings. The third-order valence-corrected chi connectivity index (χ3v) is 4.56. The van der Waals surface area contributed by atoms with E-state index < -0.39 is 0 Å². The van der Waals surface area contributed by atoms with E-state index in [-0.39, 0.29) is 6.04 Å². The molecule has 1 atom stereocenters. The summed E-state index contributed by atoms with van der Waals surface area (Å²) in [5, 5.41) is 7.06. The van der Waals surface area contributed by atoms with Crippen LogP contribution in [0.15, 0.2) is 11.4 Å². The molecule has 0 bridgehead atoms. The molecule has 0 fully saturated rings. The second kappa shape index (κ2) is 4.80. The van der Waals surface area contributed by atoms with Gasteiger partial charge in [-0.1, -0.05) is 11.6 Å². The maximum Gasteiger partial charge on any atom is 0.130 e. The summed E-state index contributed by atoms with van der Waals surface area (Å²) in [5.74, 6) is 0. The molecular formula is C12H16ClN3S. The minimum absolute atomic E-state index is 0.00426. The Kier molecular flexibility index (Phi) is 3.56. The summed E-state index contributed by atoms with van der Waals surface area (Å²) in [7, 11) is 1.85. The first-order chi connectivity index (χ1) is 8.00. The average molecular weight is 270 g/mol. The van der Waals surface area contributed by atoms with Crippen LogP contribution in [0, 0.1) is 13.8 Å². The van der Waals surface area contributed by atoms with Crippen LogP contribution in [0.2, 0.25) is 5.15 Å². The second-order valence-electron chi connectivity index (χ2n) is 4.26. The Hall–Kier alpha value is -0.840. The quantitative estimate of drug-likeness (QED) is 0.931. The van der Waals surface area contributed by atoms with Crippen LogP contribution in [0.3, 0.4) is 0 Å². The third kappa shape index (κ3) is 2.39. The molecule has 2 aromatic rings. The van der Waals surface area contributed by atoms with Gasteiger partial charge in [0.15, 0.2) is 0 Å². The maximum atomic E-state index is 6.23. The van der Waals surface area contributed by atoms with Crippen molar-refractivity contribution in [3.63, 3.8) is 0 Å². The Balaban J connectivity index is 2.24. The summed E-state index contributed by atoms with van der Waals surface area (Å²) < 4.78 is 1.69. The van der Waals surface area contributed by atoms with E-state index in [0.29, 0.717) is 5.15 Å². The van der Waals surface area contributed by atoms with Gasteiger partial charge in [-0.2, -0.15) is 5.10 Å². The van der Waals surface area contributed by atoms with Gasteiger partial charge >= 0.3 is 0 Å². The van der Waals surface area contributed by atoms with Gasteiger partial charge in [0.05, 0.1) is 5.69 Å². The van der Waals surface area contributed by atoms with E-state index in [1.165, 1.54) is 10.4 Å². The fourth-order valence-corrected chi connectivity index (χ4v) is 3.17. The molecule has 0 spiro atoms. The lowest BCUT2D eigenvalue weighted by Gasteiger charge is -2.11. The van der Waals surface area contributed by atoms with Gasteiger partial charge in [-0.05, 0) is 37.3 Å². The molecule has 2 N–H and O–H groups in total. The number of hydrogen-bond donors (Lipinski definition) is 1. The van der Waals surface area contributed by atoms with Crippen molar-refractivity contribution in [2.24, 2.45) is 12.8 Å². The minimum atomic E-state index is -0.00426. The molecule has 1 unspecified atom stereocenters. The van der Waals surface area contributed by atoms with Crippen molar-refractivity contribution in [3.8, 4) is 0 Å². The van der Waals surface area contributed by atoms with E-state index >= 15 is 0 Å². The Bertz CT molecular complexity index is 530. The van der Waals surface area contributed by atoms with E-state index in [9.17, 15) is 0 Å². The number of nitrogens with zero attached hydrogens (tertiary/aromatic N) is 2. The minimum Gasteiger partial charge on any atom is -0.323 e. The summed E-state index contributed by atoms with van der Waals surface area (Å²) >= 11 is 7.91. The van der Waals surface area contributed by atoms with Gasteiger partial charge in [-0.3, -0.25) is 4.68 Å². The van der Waals surface area contributed by atoms with Gasteiger partial charge in [0.1, 0.15) is 5.15 Å². The van der Waals surface area contributed by atoms with Gasteiger partial charge in [0, 0.05) is 23.5 Å². The smallest absolute Gasteiger partial charge is 0.130 e. The van der Waals surface area contributed by atoms with Gasteiger partial charge in [-0.15, -0.1) is 11.3 Å². The molecule has 2 rings (SSSR count). The maximum absolute atomic E-state index is 6.23. The third-order valence-electron chi connectivity index (χ3n) is 2.93. The number of rotatable bonds is 3. The highest BCUT2D eigenvalue weighted by Gasteiger charge is 2.17. The van der Waals surface area contributed by atoms with Crippen LogP contribution in [0.4, 0.5) is 0 Å². The van der Waals surface area contributed by atoms with Crippen molar-refractivity contribution < 1.29 is 0 Å². The zero-order valence-electron chi connectivity index (χ0n) is 10.2. The molecule has 92 valence electrons. The van der Waals surface area contributed by atoms with Gasteiger partial charge in [0.2, 0.25) is 0 Å². The van der Waals surface area contributed by atoms with E-state index in [1.807, 2.05) is 14.0 Å². The number of thiophene rings is 1. The van der Waals surface area contributed by atoms with Crippen LogP contribution in [-0.2, 0) is 13.5 Å². The molecule has 5 heteroatoms. The summed E-state index contributed by atoms with van der Waals surface area (Å²) in [5.41, 5.74) is 9.49. The van der Waals surface area contributed by atoms with Gasteiger partial charge in [-0.25, -0.2) is 0 Å².